The van der Waals surface area contributed by atoms with Crippen molar-refractivity contribution in [2.45, 2.75) is 31.8 Å². The molecule has 0 bridgehead atoms. The summed E-state index contributed by atoms with van der Waals surface area (Å²) in [7, 11) is -3.53. The maximum absolute atomic E-state index is 12.6. The number of anilines is 1. The first-order chi connectivity index (χ1) is 14.3. The fraction of sp³-hybridized carbons (Fsp3) is 0.261. The van der Waals surface area contributed by atoms with Gasteiger partial charge in [-0.2, -0.15) is 4.31 Å². The van der Waals surface area contributed by atoms with E-state index in [0.29, 0.717) is 24.5 Å². The van der Waals surface area contributed by atoms with Crippen LogP contribution < -0.4 is 10.1 Å². The highest BCUT2D eigenvalue weighted by Crippen LogP contribution is 2.22. The molecular weight excluding hydrogens is 400 g/mol. The molecule has 6 nitrogen and oxygen atoms in total. The maximum Gasteiger partial charge on any atom is 0.265 e. The van der Waals surface area contributed by atoms with Gasteiger partial charge < -0.3 is 10.1 Å². The van der Waals surface area contributed by atoms with Crippen molar-refractivity contribution in [2.24, 2.45) is 0 Å². The Balaban J connectivity index is 1.66. The standard InChI is InChI=1S/C23H26N2O4S/c1-4-25(5-2)30(27,28)22-14-11-20(12-15-22)24-23(26)17(3)29-21-13-10-18-8-6-7-9-19(18)16-21/h6-17H,4-5H2,1-3H3,(H,24,26). The van der Waals surface area contributed by atoms with E-state index in [9.17, 15) is 13.2 Å². The summed E-state index contributed by atoms with van der Waals surface area (Å²) in [5, 5.41) is 4.90. The molecule has 1 atom stereocenters. The summed E-state index contributed by atoms with van der Waals surface area (Å²) in [4.78, 5) is 12.7. The minimum atomic E-state index is -3.53. The normalized spacial score (nSPS) is 12.7. The Morgan fingerprint density at radius 3 is 2.23 bits per heavy atom. The van der Waals surface area contributed by atoms with Crippen LogP contribution in [-0.2, 0) is 14.8 Å². The third-order valence-electron chi connectivity index (χ3n) is 4.87. The number of amides is 1. The van der Waals surface area contributed by atoms with Gasteiger partial charge in [-0.25, -0.2) is 8.42 Å². The molecule has 0 saturated carbocycles. The number of carbonyl (C=O) groups is 1. The van der Waals surface area contributed by atoms with Crippen molar-refractivity contribution in [1.82, 2.24) is 4.31 Å². The molecule has 1 amide bonds. The summed E-state index contributed by atoms with van der Waals surface area (Å²) in [6.45, 7) is 6.07. The number of sulfonamides is 1. The number of fused-ring (bicyclic) bond motifs is 1. The van der Waals surface area contributed by atoms with Crippen LogP contribution in [0.4, 0.5) is 5.69 Å². The van der Waals surface area contributed by atoms with Gasteiger partial charge in [0.2, 0.25) is 10.0 Å². The fourth-order valence-electron chi connectivity index (χ4n) is 3.17. The molecule has 30 heavy (non-hydrogen) atoms. The van der Waals surface area contributed by atoms with Gasteiger partial charge in [-0.1, -0.05) is 44.2 Å². The lowest BCUT2D eigenvalue weighted by Crippen LogP contribution is -2.31. The van der Waals surface area contributed by atoms with E-state index in [0.717, 1.165) is 10.8 Å². The first kappa shape index (κ1) is 21.8. The first-order valence-electron chi connectivity index (χ1n) is 9.91. The van der Waals surface area contributed by atoms with Gasteiger partial charge in [0.25, 0.3) is 5.91 Å². The van der Waals surface area contributed by atoms with Crippen molar-refractivity contribution in [3.8, 4) is 5.75 Å². The van der Waals surface area contributed by atoms with E-state index in [4.69, 9.17) is 4.74 Å². The zero-order valence-electron chi connectivity index (χ0n) is 17.3. The smallest absolute Gasteiger partial charge is 0.265 e. The minimum absolute atomic E-state index is 0.199. The van der Waals surface area contributed by atoms with Crippen molar-refractivity contribution < 1.29 is 17.9 Å². The SMILES string of the molecule is CCN(CC)S(=O)(=O)c1ccc(NC(=O)C(C)Oc2ccc3ccccc3c2)cc1. The van der Waals surface area contributed by atoms with Gasteiger partial charge in [0.05, 0.1) is 4.90 Å². The minimum Gasteiger partial charge on any atom is -0.481 e. The third kappa shape index (κ3) is 4.80. The predicted octanol–water partition coefficient (Wildman–Crippen LogP) is 4.28. The van der Waals surface area contributed by atoms with Gasteiger partial charge in [0.15, 0.2) is 6.10 Å². The van der Waals surface area contributed by atoms with Crippen LogP contribution in [0.3, 0.4) is 0 Å². The largest absolute Gasteiger partial charge is 0.481 e. The van der Waals surface area contributed by atoms with Crippen molar-refractivity contribution in [3.63, 3.8) is 0 Å². The number of benzene rings is 3. The number of ether oxygens (including phenoxy) is 1. The van der Waals surface area contributed by atoms with Gasteiger partial charge in [0.1, 0.15) is 5.75 Å². The van der Waals surface area contributed by atoms with Crippen LogP contribution in [0.15, 0.2) is 71.6 Å². The molecule has 7 heteroatoms. The van der Waals surface area contributed by atoms with E-state index in [2.05, 4.69) is 5.32 Å². The van der Waals surface area contributed by atoms with Crippen LogP contribution >= 0.6 is 0 Å². The number of nitrogens with one attached hydrogen (secondary N) is 1. The predicted molar refractivity (Wildman–Crippen MR) is 119 cm³/mol. The van der Waals surface area contributed by atoms with Crippen molar-refractivity contribution >= 4 is 32.4 Å². The van der Waals surface area contributed by atoms with E-state index in [1.54, 1.807) is 32.9 Å². The molecule has 0 aliphatic rings. The van der Waals surface area contributed by atoms with Gasteiger partial charge in [0, 0.05) is 18.8 Å². The lowest BCUT2D eigenvalue weighted by Gasteiger charge is -2.19. The maximum atomic E-state index is 12.6. The van der Waals surface area contributed by atoms with E-state index in [1.165, 1.54) is 16.4 Å². The van der Waals surface area contributed by atoms with Crippen LogP contribution in [0.25, 0.3) is 10.8 Å². The number of nitrogens with zero attached hydrogens (tertiary/aromatic N) is 1. The van der Waals surface area contributed by atoms with Crippen LogP contribution in [-0.4, -0.2) is 37.8 Å². The molecule has 0 aliphatic carbocycles. The Bertz CT molecular complexity index is 1120. The molecule has 1 N–H and O–H groups in total. The molecule has 0 fully saturated rings. The molecule has 1 unspecified atom stereocenters. The summed E-state index contributed by atoms with van der Waals surface area (Å²) < 4.78 is 32.3. The van der Waals surface area contributed by atoms with Crippen molar-refractivity contribution in [1.29, 1.82) is 0 Å². The second-order valence-corrected chi connectivity index (χ2v) is 8.81. The molecular formula is C23H26N2O4S. The Morgan fingerprint density at radius 1 is 0.967 bits per heavy atom. The Morgan fingerprint density at radius 2 is 1.60 bits per heavy atom. The number of carbonyl (C=O) groups excluding carboxylic acids is 1. The van der Waals surface area contributed by atoms with Gasteiger partial charge in [-0.05, 0) is 54.1 Å². The molecule has 3 aromatic rings. The van der Waals surface area contributed by atoms with Crippen LogP contribution in [0, 0.1) is 0 Å². The van der Waals surface area contributed by atoms with Gasteiger partial charge >= 0.3 is 0 Å². The molecule has 0 aliphatic heterocycles. The second-order valence-electron chi connectivity index (χ2n) is 6.87. The van der Waals surface area contributed by atoms with Crippen LogP contribution in [0.1, 0.15) is 20.8 Å². The van der Waals surface area contributed by atoms with Crippen LogP contribution in [0.5, 0.6) is 5.75 Å². The fourth-order valence-corrected chi connectivity index (χ4v) is 4.62. The number of hydrogen-bond donors (Lipinski definition) is 1. The molecule has 3 aromatic carbocycles. The molecule has 0 spiro atoms. The third-order valence-corrected chi connectivity index (χ3v) is 6.93. The Kier molecular flexibility index (Phi) is 6.74. The van der Waals surface area contributed by atoms with E-state index >= 15 is 0 Å². The highest BCUT2D eigenvalue weighted by Gasteiger charge is 2.21. The quantitative estimate of drug-likeness (QED) is 0.583. The molecule has 0 saturated heterocycles. The van der Waals surface area contributed by atoms with E-state index < -0.39 is 16.1 Å². The lowest BCUT2D eigenvalue weighted by atomic mass is 10.1. The topological polar surface area (TPSA) is 75.7 Å². The molecule has 158 valence electrons. The highest BCUT2D eigenvalue weighted by molar-refractivity contribution is 7.89. The Labute approximate surface area is 177 Å². The summed E-state index contributed by atoms with van der Waals surface area (Å²) in [6.07, 6.45) is -0.717. The van der Waals surface area contributed by atoms with Gasteiger partial charge in [-0.3, -0.25) is 4.79 Å². The summed E-state index contributed by atoms with van der Waals surface area (Å²) in [5.41, 5.74) is 0.507. The lowest BCUT2D eigenvalue weighted by molar-refractivity contribution is -0.122. The summed E-state index contributed by atoms with van der Waals surface area (Å²) in [5.74, 6) is 0.291. The zero-order valence-corrected chi connectivity index (χ0v) is 18.1. The van der Waals surface area contributed by atoms with Crippen molar-refractivity contribution in [3.05, 3.63) is 66.7 Å². The second kappa shape index (κ2) is 9.28. The zero-order chi connectivity index (χ0) is 21.7. The molecule has 0 aromatic heterocycles. The summed E-state index contributed by atoms with van der Waals surface area (Å²) in [6, 6.07) is 19.8. The summed E-state index contributed by atoms with van der Waals surface area (Å²) >= 11 is 0. The number of hydrogen-bond acceptors (Lipinski definition) is 4. The molecule has 0 heterocycles. The van der Waals surface area contributed by atoms with Crippen LogP contribution in [0.2, 0.25) is 0 Å². The first-order valence-corrected chi connectivity index (χ1v) is 11.4. The number of rotatable bonds is 8. The monoisotopic (exact) mass is 426 g/mol. The molecule has 3 rings (SSSR count). The van der Waals surface area contributed by atoms with E-state index in [1.807, 2.05) is 42.5 Å². The average molecular weight is 427 g/mol. The van der Waals surface area contributed by atoms with E-state index in [-0.39, 0.29) is 10.8 Å². The Hall–Kier alpha value is -2.90. The highest BCUT2D eigenvalue weighted by atomic mass is 32.2. The van der Waals surface area contributed by atoms with Gasteiger partial charge in [-0.15, -0.1) is 0 Å². The average Bonchev–Trinajstić information content (AvgIpc) is 2.74. The van der Waals surface area contributed by atoms with Crippen molar-refractivity contribution in [2.75, 3.05) is 18.4 Å². The molecule has 0 radical (unpaired) electrons.